The van der Waals surface area contributed by atoms with Gasteiger partial charge in [-0.25, -0.2) is 0 Å². The molecule has 8 nitrogen and oxygen atoms in total. The van der Waals surface area contributed by atoms with Crippen LogP contribution in [0.2, 0.25) is 0 Å². The van der Waals surface area contributed by atoms with Crippen molar-refractivity contribution in [1.29, 1.82) is 0 Å². The first-order valence-electron chi connectivity index (χ1n) is 7.55. The molecule has 0 fully saturated rings. The predicted octanol–water partition coefficient (Wildman–Crippen LogP) is 0.837. The van der Waals surface area contributed by atoms with Gasteiger partial charge in [0.25, 0.3) is 0 Å². The van der Waals surface area contributed by atoms with Gasteiger partial charge in [0.15, 0.2) is 0 Å². The normalized spacial score (nSPS) is 9.50. The molecule has 24 heavy (non-hydrogen) atoms. The summed E-state index contributed by atoms with van der Waals surface area (Å²) in [4.78, 5) is 46.3. The number of carbonyl (C=O) groups is 4. The van der Waals surface area contributed by atoms with Crippen LogP contribution in [0.25, 0.3) is 0 Å². The molecule has 0 aromatic carbocycles. The standard InChI is InChI=1S/C16H24N2O6/c1-3-17(13-19)9-7-15(21)23-11-5-6-12-24-16(22)8-10-18(4-2)14-20/h3-4,13-14H,1-2,5-12H2. The first-order chi connectivity index (χ1) is 11.6. The molecule has 0 aliphatic heterocycles. The number of amides is 2. The van der Waals surface area contributed by atoms with Crippen LogP contribution in [0, 0.1) is 0 Å². The summed E-state index contributed by atoms with van der Waals surface area (Å²) in [5, 5.41) is 0. The number of unbranched alkanes of at least 4 members (excludes halogenated alkanes) is 1. The maximum Gasteiger partial charge on any atom is 0.307 e. The first kappa shape index (κ1) is 21.4. The summed E-state index contributed by atoms with van der Waals surface area (Å²) in [5.74, 6) is -0.807. The Morgan fingerprint density at radius 1 is 0.792 bits per heavy atom. The van der Waals surface area contributed by atoms with E-state index in [9.17, 15) is 19.2 Å². The Morgan fingerprint density at radius 2 is 1.17 bits per heavy atom. The molecule has 0 aliphatic rings. The molecule has 0 saturated heterocycles. The minimum Gasteiger partial charge on any atom is -0.466 e. The monoisotopic (exact) mass is 340 g/mol. The summed E-state index contributed by atoms with van der Waals surface area (Å²) in [6.45, 7) is 7.76. The molecular formula is C16H24N2O6. The zero-order valence-corrected chi connectivity index (χ0v) is 13.7. The van der Waals surface area contributed by atoms with Gasteiger partial charge in [-0.2, -0.15) is 0 Å². The Morgan fingerprint density at radius 3 is 1.46 bits per heavy atom. The first-order valence-corrected chi connectivity index (χ1v) is 7.55. The van der Waals surface area contributed by atoms with Gasteiger partial charge < -0.3 is 19.3 Å². The molecule has 0 N–H and O–H groups in total. The van der Waals surface area contributed by atoms with Crippen LogP contribution in [0.5, 0.6) is 0 Å². The molecule has 0 atom stereocenters. The van der Waals surface area contributed by atoms with Crippen molar-refractivity contribution in [1.82, 2.24) is 9.80 Å². The van der Waals surface area contributed by atoms with Crippen LogP contribution in [0.1, 0.15) is 25.7 Å². The highest BCUT2D eigenvalue weighted by Crippen LogP contribution is 1.98. The number of hydrogen-bond acceptors (Lipinski definition) is 6. The number of esters is 2. The summed E-state index contributed by atoms with van der Waals surface area (Å²) < 4.78 is 9.97. The average Bonchev–Trinajstić information content (AvgIpc) is 2.59. The van der Waals surface area contributed by atoms with Crippen LogP contribution in [0.4, 0.5) is 0 Å². The highest BCUT2D eigenvalue weighted by Gasteiger charge is 2.07. The molecule has 0 rings (SSSR count). The second kappa shape index (κ2) is 14.0. The fourth-order valence-corrected chi connectivity index (χ4v) is 1.54. The maximum absolute atomic E-state index is 11.4. The van der Waals surface area contributed by atoms with Crippen molar-refractivity contribution >= 4 is 24.8 Å². The van der Waals surface area contributed by atoms with Gasteiger partial charge in [-0.15, -0.1) is 0 Å². The van der Waals surface area contributed by atoms with Crippen molar-refractivity contribution in [3.8, 4) is 0 Å². The summed E-state index contributed by atoms with van der Waals surface area (Å²) in [7, 11) is 0. The van der Waals surface area contributed by atoms with E-state index in [1.54, 1.807) is 0 Å². The Hall–Kier alpha value is -2.64. The molecule has 0 saturated carbocycles. The predicted molar refractivity (Wildman–Crippen MR) is 86.3 cm³/mol. The van der Waals surface area contributed by atoms with E-state index in [4.69, 9.17) is 9.47 Å². The van der Waals surface area contributed by atoms with Gasteiger partial charge in [0.2, 0.25) is 12.8 Å². The second-order valence-electron chi connectivity index (χ2n) is 4.70. The van der Waals surface area contributed by atoms with E-state index in [0.29, 0.717) is 25.7 Å². The third-order valence-electron chi connectivity index (χ3n) is 2.95. The van der Waals surface area contributed by atoms with Crippen LogP contribution in [-0.2, 0) is 28.7 Å². The van der Waals surface area contributed by atoms with Crippen molar-refractivity contribution in [3.63, 3.8) is 0 Å². The summed E-state index contributed by atoms with van der Waals surface area (Å²) in [6.07, 6.45) is 5.13. The van der Waals surface area contributed by atoms with E-state index in [-0.39, 0.29) is 39.1 Å². The van der Waals surface area contributed by atoms with Crippen molar-refractivity contribution in [2.24, 2.45) is 0 Å². The van der Waals surface area contributed by atoms with Gasteiger partial charge in [0.05, 0.1) is 26.1 Å². The van der Waals surface area contributed by atoms with Gasteiger partial charge in [-0.3, -0.25) is 19.2 Å². The SMILES string of the molecule is C=CN(C=O)CCC(=O)OCCCCOC(=O)CCN(C=C)C=O. The third kappa shape index (κ3) is 11.0. The van der Waals surface area contributed by atoms with Crippen molar-refractivity contribution in [2.75, 3.05) is 26.3 Å². The Labute approximate surface area is 141 Å². The molecular weight excluding hydrogens is 316 g/mol. The van der Waals surface area contributed by atoms with E-state index in [1.807, 2.05) is 0 Å². The Balaban J connectivity index is 3.59. The molecule has 0 aliphatic carbocycles. The van der Waals surface area contributed by atoms with Crippen molar-refractivity contribution in [3.05, 3.63) is 25.6 Å². The minimum atomic E-state index is -0.404. The van der Waals surface area contributed by atoms with Gasteiger partial charge in [-0.05, 0) is 25.2 Å². The number of hydrogen-bond donors (Lipinski definition) is 0. The summed E-state index contributed by atoms with van der Waals surface area (Å²) in [5.41, 5.74) is 0. The fraction of sp³-hybridized carbons (Fsp3) is 0.500. The summed E-state index contributed by atoms with van der Waals surface area (Å²) in [6, 6.07) is 0. The van der Waals surface area contributed by atoms with Crippen molar-refractivity contribution in [2.45, 2.75) is 25.7 Å². The van der Waals surface area contributed by atoms with Crippen LogP contribution in [-0.4, -0.2) is 60.9 Å². The largest absolute Gasteiger partial charge is 0.466 e. The van der Waals surface area contributed by atoms with Crippen LogP contribution >= 0.6 is 0 Å². The second-order valence-corrected chi connectivity index (χ2v) is 4.70. The topological polar surface area (TPSA) is 93.2 Å². The molecule has 0 bridgehead atoms. The van der Waals surface area contributed by atoms with Crippen LogP contribution < -0.4 is 0 Å². The third-order valence-corrected chi connectivity index (χ3v) is 2.95. The van der Waals surface area contributed by atoms with Crippen LogP contribution in [0.15, 0.2) is 25.6 Å². The van der Waals surface area contributed by atoms with E-state index in [0.717, 1.165) is 0 Å². The highest BCUT2D eigenvalue weighted by atomic mass is 16.5. The molecule has 0 heterocycles. The van der Waals surface area contributed by atoms with E-state index in [1.165, 1.54) is 22.2 Å². The molecule has 0 radical (unpaired) electrons. The quantitative estimate of drug-likeness (QED) is 0.249. The Bertz CT molecular complexity index is 382. The van der Waals surface area contributed by atoms with Gasteiger partial charge in [0, 0.05) is 13.1 Å². The molecule has 0 aromatic heterocycles. The Kier molecular flexibility index (Phi) is 12.4. The molecule has 8 heteroatoms. The number of nitrogens with zero attached hydrogens (tertiary/aromatic N) is 2. The van der Waals surface area contributed by atoms with E-state index < -0.39 is 11.9 Å². The van der Waals surface area contributed by atoms with Gasteiger partial charge in [0.1, 0.15) is 0 Å². The number of carbonyl (C=O) groups excluding carboxylic acids is 4. The van der Waals surface area contributed by atoms with Gasteiger partial charge in [-0.1, -0.05) is 13.2 Å². The number of rotatable bonds is 15. The van der Waals surface area contributed by atoms with Crippen LogP contribution in [0.3, 0.4) is 0 Å². The minimum absolute atomic E-state index is 0.0935. The lowest BCUT2D eigenvalue weighted by atomic mass is 10.3. The zero-order chi connectivity index (χ0) is 18.2. The zero-order valence-electron chi connectivity index (χ0n) is 13.7. The lowest BCUT2D eigenvalue weighted by Gasteiger charge is -2.11. The molecule has 134 valence electrons. The molecule has 2 amide bonds. The number of ether oxygens (including phenoxy) is 2. The summed E-state index contributed by atoms with van der Waals surface area (Å²) >= 11 is 0. The van der Waals surface area contributed by atoms with E-state index >= 15 is 0 Å². The average molecular weight is 340 g/mol. The fourth-order valence-electron chi connectivity index (χ4n) is 1.54. The van der Waals surface area contributed by atoms with Crippen molar-refractivity contribution < 1.29 is 28.7 Å². The lowest BCUT2D eigenvalue weighted by molar-refractivity contribution is -0.146. The smallest absolute Gasteiger partial charge is 0.307 e. The molecule has 0 spiro atoms. The molecule has 0 aromatic rings. The van der Waals surface area contributed by atoms with E-state index in [2.05, 4.69) is 13.2 Å². The highest BCUT2D eigenvalue weighted by molar-refractivity contribution is 5.70. The maximum atomic E-state index is 11.4. The lowest BCUT2D eigenvalue weighted by Crippen LogP contribution is -2.20. The van der Waals surface area contributed by atoms with Gasteiger partial charge >= 0.3 is 11.9 Å². The molecule has 0 unspecified atom stereocenters.